The van der Waals surface area contributed by atoms with E-state index in [-0.39, 0.29) is 23.3 Å². The van der Waals surface area contributed by atoms with Crippen molar-refractivity contribution in [2.24, 2.45) is 0 Å². The number of aliphatic hydroxyl groups excluding tert-OH is 4. The fourth-order valence-electron chi connectivity index (χ4n) is 6.76. The van der Waals surface area contributed by atoms with Gasteiger partial charge in [-0.3, -0.25) is 4.79 Å². The molecule has 61 heavy (non-hydrogen) atoms. The molecule has 0 saturated carbocycles. The van der Waals surface area contributed by atoms with E-state index in [2.05, 4.69) is 31.0 Å². The molecule has 0 radical (unpaired) electrons. The molecule has 2 heterocycles. The van der Waals surface area contributed by atoms with Gasteiger partial charge in [-0.25, -0.2) is 14.0 Å². The molecular weight excluding hydrogens is 809 g/mol. The zero-order chi connectivity index (χ0) is 44.0. The quantitative estimate of drug-likeness (QED) is 0.0715. The van der Waals surface area contributed by atoms with Crippen molar-refractivity contribution in [3.05, 3.63) is 96.2 Å². The van der Waals surface area contributed by atoms with Crippen molar-refractivity contribution in [2.45, 2.75) is 56.7 Å². The van der Waals surface area contributed by atoms with E-state index in [0.29, 0.717) is 51.2 Å². The van der Waals surface area contributed by atoms with Crippen LogP contribution in [-0.2, 0) is 21.1 Å². The summed E-state index contributed by atoms with van der Waals surface area (Å²) in [6.45, 7) is 5.31. The van der Waals surface area contributed by atoms with Gasteiger partial charge >= 0.3 is 6.03 Å². The summed E-state index contributed by atoms with van der Waals surface area (Å²) in [7, 11) is 1.50. The van der Waals surface area contributed by atoms with Crippen LogP contribution in [0.5, 0.6) is 23.0 Å². The number of aliphatic hydroxyl groups is 4. The molecule has 1 aromatic heterocycles. The van der Waals surface area contributed by atoms with E-state index >= 15 is 0 Å². The molecule has 0 spiro atoms. The number of carbonyl (C=O) groups is 2. The van der Waals surface area contributed by atoms with Gasteiger partial charge < -0.3 is 65.4 Å². The second-order valence-electron chi connectivity index (χ2n) is 15.2. The third kappa shape index (κ3) is 10.5. The molecular formula is C43H50N6O11S. The average Bonchev–Trinajstić information content (AvgIpc) is 3.22. The van der Waals surface area contributed by atoms with Crippen LogP contribution >= 0.6 is 0 Å². The van der Waals surface area contributed by atoms with E-state index in [4.69, 9.17) is 18.9 Å². The molecule has 0 aliphatic carbocycles. The Morgan fingerprint density at radius 3 is 2.21 bits per heavy atom. The van der Waals surface area contributed by atoms with E-state index in [1.54, 1.807) is 42.6 Å². The lowest BCUT2D eigenvalue weighted by Gasteiger charge is -2.40. The summed E-state index contributed by atoms with van der Waals surface area (Å²) in [4.78, 5) is 31.1. The predicted octanol–water partition coefficient (Wildman–Crippen LogP) is 5.01. The minimum atomic E-state index is -1.56. The number of ether oxygens (including phenoxy) is 4. The maximum atomic E-state index is 13.5. The van der Waals surface area contributed by atoms with Crippen LogP contribution in [0.4, 0.5) is 33.4 Å². The molecule has 17 nitrogen and oxygen atoms in total. The fourth-order valence-corrected chi connectivity index (χ4v) is 7.22. The Morgan fingerprint density at radius 1 is 0.820 bits per heavy atom. The van der Waals surface area contributed by atoms with Crippen molar-refractivity contribution in [3.8, 4) is 23.0 Å². The molecule has 6 atom stereocenters. The van der Waals surface area contributed by atoms with Crippen LogP contribution in [-0.4, -0.2) is 106 Å². The smallest absolute Gasteiger partial charge is 0.323 e. The molecule has 1 saturated heterocycles. The predicted molar refractivity (Wildman–Crippen MR) is 233 cm³/mol. The summed E-state index contributed by atoms with van der Waals surface area (Å²) in [6.07, 6.45) is -3.64. The van der Waals surface area contributed by atoms with Crippen LogP contribution in [0.2, 0.25) is 0 Å². The molecule has 5 aromatic rings. The minimum absolute atomic E-state index is 0.177. The molecule has 0 bridgehead atoms. The van der Waals surface area contributed by atoms with Gasteiger partial charge in [-0.05, 0) is 53.4 Å². The number of aromatic nitrogens is 1. The van der Waals surface area contributed by atoms with Gasteiger partial charge in [0.25, 0.3) is 5.91 Å². The van der Waals surface area contributed by atoms with E-state index in [0.717, 1.165) is 10.9 Å². The lowest BCUT2D eigenvalue weighted by molar-refractivity contribution is -0.227. The van der Waals surface area contributed by atoms with Crippen LogP contribution in [0.1, 0.15) is 36.7 Å². The molecule has 1 unspecified atom stereocenters. The van der Waals surface area contributed by atoms with Crippen molar-refractivity contribution < 1.29 is 53.2 Å². The first-order valence-corrected chi connectivity index (χ1v) is 20.8. The number of hydrogen-bond acceptors (Lipinski definition) is 13. The molecule has 6 rings (SSSR count). The molecule has 324 valence electrons. The van der Waals surface area contributed by atoms with Crippen molar-refractivity contribution in [1.29, 1.82) is 0 Å². The van der Waals surface area contributed by atoms with Crippen LogP contribution < -0.4 is 40.2 Å². The lowest BCUT2D eigenvalue weighted by Crippen LogP contribution is -2.60. The highest BCUT2D eigenvalue weighted by Crippen LogP contribution is 2.40. The summed E-state index contributed by atoms with van der Waals surface area (Å²) < 4.78 is 38.0. The Morgan fingerprint density at radius 2 is 1.52 bits per heavy atom. The second kappa shape index (κ2) is 19.1. The Bertz CT molecular complexity index is 2410. The number of urea groups is 1. The first-order valence-electron chi connectivity index (χ1n) is 19.2. The Labute approximate surface area is 355 Å². The Kier molecular flexibility index (Phi) is 14.0. The van der Waals surface area contributed by atoms with E-state index in [1.165, 1.54) is 26.5 Å². The van der Waals surface area contributed by atoms with Gasteiger partial charge in [-0.15, -0.1) is 0 Å². The number of anilines is 5. The molecule has 3 amide bonds. The summed E-state index contributed by atoms with van der Waals surface area (Å²) >= 11 is 0. The van der Waals surface area contributed by atoms with Crippen molar-refractivity contribution in [2.75, 3.05) is 54.3 Å². The number of fused-ring (bicyclic) bond motifs is 1. The van der Waals surface area contributed by atoms with Crippen molar-refractivity contribution >= 4 is 62.3 Å². The number of carbonyl (C=O) groups excluding carboxylic acids is 2. The van der Waals surface area contributed by atoms with E-state index < -0.39 is 60.1 Å². The van der Waals surface area contributed by atoms with E-state index in [9.17, 15) is 34.2 Å². The number of benzene rings is 4. The van der Waals surface area contributed by atoms with Gasteiger partial charge in [0.2, 0.25) is 0 Å². The number of methoxy groups -OCH3 is 2. The maximum absolute atomic E-state index is 13.5. The number of nitrogens with zero attached hydrogens (tertiary/aromatic N) is 1. The molecule has 1 fully saturated rings. The molecule has 9 N–H and O–H groups in total. The first kappa shape index (κ1) is 44.5. The normalized spacial score (nSPS) is 19.3. The molecule has 1 aliphatic heterocycles. The topological polar surface area (TPSA) is 242 Å². The molecule has 1 aliphatic rings. The molecule has 18 heteroatoms. The standard InChI is InChI=1S/C43H50N6O11S/c1-43(2,3)23-17-30(40(58-5)31(18-23)49-61(6)56)48-42(55)47-29-13-14-32(27-10-8-7-9-26(27)29)59-25-15-16-44-36(20-25)46-24-11-12-28(33(19-24)57-4)41(54)45-21-34-37(51)39(53)38(52)35(22-50)60-34/h7-20,34-35,37-39,49-53H,21-22H2,1-6H3,(H,44,46)(H,45,54)(H2,47,48,55)/t34-,35+,37-,38+,39+,61?/m0/s1. The summed E-state index contributed by atoms with van der Waals surface area (Å²) in [5.41, 5.74) is 2.74. The molecule has 4 aromatic carbocycles. The summed E-state index contributed by atoms with van der Waals surface area (Å²) in [5, 5.41) is 53.0. The number of amides is 3. The van der Waals surface area contributed by atoms with Gasteiger partial charge in [0.15, 0.2) is 5.75 Å². The van der Waals surface area contributed by atoms with Crippen molar-refractivity contribution in [3.63, 3.8) is 0 Å². The third-order valence-electron chi connectivity index (χ3n) is 9.93. The number of rotatable bonds is 14. The zero-order valence-electron chi connectivity index (χ0n) is 34.4. The maximum Gasteiger partial charge on any atom is 0.323 e. The zero-order valence-corrected chi connectivity index (χ0v) is 35.2. The van der Waals surface area contributed by atoms with Gasteiger partial charge in [-0.2, -0.15) is 0 Å². The van der Waals surface area contributed by atoms with Crippen LogP contribution in [0.25, 0.3) is 10.8 Å². The fraction of sp³-hybridized carbons (Fsp3) is 0.326. The second-order valence-corrected chi connectivity index (χ2v) is 16.4. The van der Waals surface area contributed by atoms with Gasteiger partial charge in [0.05, 0.1) is 43.5 Å². The van der Waals surface area contributed by atoms with E-state index in [1.807, 2.05) is 57.2 Å². The van der Waals surface area contributed by atoms with Crippen molar-refractivity contribution in [1.82, 2.24) is 10.3 Å². The Balaban J connectivity index is 1.14. The largest absolute Gasteiger partial charge is 0.496 e. The first-order chi connectivity index (χ1) is 29.1. The third-order valence-corrected chi connectivity index (χ3v) is 10.4. The monoisotopic (exact) mass is 858 g/mol. The number of pyridine rings is 1. The van der Waals surface area contributed by atoms with Gasteiger partial charge in [-0.1, -0.05) is 45.0 Å². The highest BCUT2D eigenvalue weighted by molar-refractivity contribution is 7.85. The van der Waals surface area contributed by atoms with Crippen LogP contribution in [0.3, 0.4) is 0 Å². The van der Waals surface area contributed by atoms with Crippen LogP contribution in [0, 0.1) is 0 Å². The number of nitrogens with one attached hydrogen (secondary N) is 5. The average molecular weight is 859 g/mol. The highest BCUT2D eigenvalue weighted by atomic mass is 32.2. The summed E-state index contributed by atoms with van der Waals surface area (Å²) in [5.74, 6) is 1.42. The number of hydrogen-bond donors (Lipinski definition) is 9. The lowest BCUT2D eigenvalue weighted by atomic mass is 9.86. The summed E-state index contributed by atoms with van der Waals surface area (Å²) in [6, 6.07) is 22.3. The Hall–Kier alpha value is -6.02. The van der Waals surface area contributed by atoms with Gasteiger partial charge in [0, 0.05) is 47.6 Å². The minimum Gasteiger partial charge on any atom is -0.496 e. The highest BCUT2D eigenvalue weighted by Gasteiger charge is 2.43. The van der Waals surface area contributed by atoms with Gasteiger partial charge in [0.1, 0.15) is 64.6 Å². The van der Waals surface area contributed by atoms with Crippen LogP contribution in [0.15, 0.2) is 85.1 Å². The SMILES string of the molecule is COc1cc(Nc2cc(Oc3ccc(NC(=O)Nc4cc(C(C)(C)C)cc(NS(C)=O)c4OC)c4ccccc34)ccn2)ccc1C(=O)NC[C@@H]1O[C@H](CO)[C@@H](O)[C@H](O)[C@H]1O.